The van der Waals surface area contributed by atoms with Gasteiger partial charge in [0.1, 0.15) is 0 Å². The van der Waals surface area contributed by atoms with Crippen molar-refractivity contribution in [3.8, 4) is 0 Å². The minimum atomic E-state index is 0.997. The molecule has 2 rings (SSSR count). The molecule has 0 aromatic carbocycles. The summed E-state index contributed by atoms with van der Waals surface area (Å²) in [7, 11) is 1.97. The van der Waals surface area contributed by atoms with Gasteiger partial charge in [-0.3, -0.25) is 0 Å². The fraction of sp³-hybridized carbons (Fsp3) is 0.300. The van der Waals surface area contributed by atoms with Crippen LogP contribution < -0.4 is 5.32 Å². The summed E-state index contributed by atoms with van der Waals surface area (Å²) in [6.07, 6.45) is 4.77. The van der Waals surface area contributed by atoms with Gasteiger partial charge in [-0.1, -0.05) is 6.07 Å². The lowest BCUT2D eigenvalue weighted by molar-refractivity contribution is 0.767. The van der Waals surface area contributed by atoms with Gasteiger partial charge in [0.25, 0.3) is 0 Å². The first-order valence-electron chi connectivity index (χ1n) is 4.46. The van der Waals surface area contributed by atoms with E-state index in [9.17, 15) is 0 Å². The molecule has 0 aliphatic carbocycles. The van der Waals surface area contributed by atoms with Crippen LogP contribution in [0.4, 0.5) is 0 Å². The first-order chi connectivity index (χ1) is 6.42. The van der Waals surface area contributed by atoms with E-state index in [1.54, 1.807) is 0 Å². The minimum Gasteiger partial charge on any atom is -0.319 e. The number of imidazole rings is 1. The van der Waals surface area contributed by atoms with E-state index in [4.69, 9.17) is 0 Å². The maximum Gasteiger partial charge on any atom is 0.0994 e. The largest absolute Gasteiger partial charge is 0.319 e. The normalized spacial score (nSPS) is 10.8. The molecule has 2 aromatic rings. The number of nitrogens with one attached hydrogen (secondary N) is 1. The van der Waals surface area contributed by atoms with Gasteiger partial charge in [0.15, 0.2) is 0 Å². The van der Waals surface area contributed by atoms with Gasteiger partial charge in [-0.25, -0.2) is 4.98 Å². The fourth-order valence-electron chi connectivity index (χ4n) is 1.46. The monoisotopic (exact) mass is 175 g/mol. The number of rotatable bonds is 3. The second kappa shape index (κ2) is 3.58. The van der Waals surface area contributed by atoms with Crippen LogP contribution in [-0.2, 0) is 6.42 Å². The molecule has 0 saturated heterocycles. The van der Waals surface area contributed by atoms with Crippen LogP contribution in [0.1, 0.15) is 5.69 Å². The van der Waals surface area contributed by atoms with E-state index >= 15 is 0 Å². The minimum absolute atomic E-state index is 0.997. The summed E-state index contributed by atoms with van der Waals surface area (Å²) in [5.74, 6) is 0. The molecule has 0 amide bonds. The van der Waals surface area contributed by atoms with Crippen molar-refractivity contribution < 1.29 is 0 Å². The predicted octanol–water partition coefficient (Wildman–Crippen LogP) is 1.10. The van der Waals surface area contributed by atoms with E-state index in [-0.39, 0.29) is 0 Å². The fourth-order valence-corrected chi connectivity index (χ4v) is 1.46. The van der Waals surface area contributed by atoms with Gasteiger partial charge in [0.2, 0.25) is 0 Å². The van der Waals surface area contributed by atoms with Crippen LogP contribution in [0.5, 0.6) is 0 Å². The zero-order chi connectivity index (χ0) is 9.10. The lowest BCUT2D eigenvalue weighted by Crippen LogP contribution is -2.12. The van der Waals surface area contributed by atoms with E-state index in [0.29, 0.717) is 0 Å². The van der Waals surface area contributed by atoms with Gasteiger partial charge in [-0.05, 0) is 19.2 Å². The first kappa shape index (κ1) is 8.26. The average Bonchev–Trinajstić information content (AvgIpc) is 2.62. The Kier molecular flexibility index (Phi) is 2.27. The molecule has 0 bridgehead atoms. The van der Waals surface area contributed by atoms with Crippen molar-refractivity contribution >= 4 is 5.52 Å². The molecule has 13 heavy (non-hydrogen) atoms. The van der Waals surface area contributed by atoms with Crippen molar-refractivity contribution in [3.05, 3.63) is 36.4 Å². The maximum atomic E-state index is 4.11. The molecule has 0 fully saturated rings. The van der Waals surface area contributed by atoms with E-state index in [0.717, 1.165) is 18.5 Å². The van der Waals surface area contributed by atoms with Crippen molar-refractivity contribution in [3.63, 3.8) is 0 Å². The highest BCUT2D eigenvalue weighted by Crippen LogP contribution is 2.06. The second-order valence-electron chi connectivity index (χ2n) is 3.06. The summed E-state index contributed by atoms with van der Waals surface area (Å²) < 4.78 is 2.12. The van der Waals surface area contributed by atoms with Crippen molar-refractivity contribution in [2.45, 2.75) is 6.42 Å². The van der Waals surface area contributed by atoms with Crippen LogP contribution in [0.25, 0.3) is 5.52 Å². The molecule has 3 heteroatoms. The molecule has 0 atom stereocenters. The van der Waals surface area contributed by atoms with Gasteiger partial charge in [-0.15, -0.1) is 0 Å². The Morgan fingerprint density at radius 2 is 2.38 bits per heavy atom. The predicted molar refractivity (Wildman–Crippen MR) is 52.8 cm³/mol. The van der Waals surface area contributed by atoms with Crippen molar-refractivity contribution in [1.82, 2.24) is 14.7 Å². The van der Waals surface area contributed by atoms with Gasteiger partial charge in [0.05, 0.1) is 18.0 Å². The van der Waals surface area contributed by atoms with E-state index in [2.05, 4.69) is 32.9 Å². The standard InChI is InChI=1S/C10H13N3/c1-11-6-5-9-3-2-4-10-7-12-8-13(9)10/h2-4,7-8,11H,5-6H2,1H3. The molecule has 0 radical (unpaired) electrons. The quantitative estimate of drug-likeness (QED) is 0.756. The second-order valence-corrected chi connectivity index (χ2v) is 3.06. The number of hydrogen-bond donors (Lipinski definition) is 1. The van der Waals surface area contributed by atoms with Gasteiger partial charge < -0.3 is 9.72 Å². The molecule has 2 aromatic heterocycles. The molecule has 0 unspecified atom stereocenters. The van der Waals surface area contributed by atoms with Crippen LogP contribution in [0.15, 0.2) is 30.7 Å². The van der Waals surface area contributed by atoms with Crippen LogP contribution in [0.3, 0.4) is 0 Å². The van der Waals surface area contributed by atoms with Crippen LogP contribution in [0.2, 0.25) is 0 Å². The first-order valence-corrected chi connectivity index (χ1v) is 4.46. The Morgan fingerprint density at radius 3 is 3.23 bits per heavy atom. The molecular formula is C10H13N3. The van der Waals surface area contributed by atoms with Crippen LogP contribution >= 0.6 is 0 Å². The average molecular weight is 175 g/mol. The van der Waals surface area contributed by atoms with Gasteiger partial charge >= 0.3 is 0 Å². The molecule has 3 nitrogen and oxygen atoms in total. The van der Waals surface area contributed by atoms with Crippen LogP contribution in [-0.4, -0.2) is 23.0 Å². The topological polar surface area (TPSA) is 29.3 Å². The number of aromatic nitrogens is 2. The number of hydrogen-bond acceptors (Lipinski definition) is 2. The smallest absolute Gasteiger partial charge is 0.0994 e. The van der Waals surface area contributed by atoms with E-state index in [1.807, 2.05) is 19.6 Å². The number of fused-ring (bicyclic) bond motifs is 1. The third-order valence-corrected chi connectivity index (χ3v) is 2.16. The number of likely N-dealkylation sites (N-methyl/N-ethyl adjacent to an activating group) is 1. The third kappa shape index (κ3) is 1.55. The highest BCUT2D eigenvalue weighted by Gasteiger charge is 1.98. The summed E-state index contributed by atoms with van der Waals surface area (Å²) in [5.41, 5.74) is 2.46. The lowest BCUT2D eigenvalue weighted by atomic mass is 10.2. The lowest BCUT2D eigenvalue weighted by Gasteiger charge is -2.04. The SMILES string of the molecule is CNCCc1cccc2cncn12. The summed E-state index contributed by atoms with van der Waals surface area (Å²) in [4.78, 5) is 4.11. The maximum absolute atomic E-state index is 4.11. The zero-order valence-corrected chi connectivity index (χ0v) is 7.70. The highest BCUT2D eigenvalue weighted by atomic mass is 15.0. The Balaban J connectivity index is 2.37. The summed E-state index contributed by atoms with van der Waals surface area (Å²) >= 11 is 0. The molecule has 0 aliphatic heterocycles. The van der Waals surface area contributed by atoms with E-state index in [1.165, 1.54) is 5.69 Å². The van der Waals surface area contributed by atoms with Gasteiger partial charge in [0, 0.05) is 18.7 Å². The summed E-state index contributed by atoms with van der Waals surface area (Å²) in [6.45, 7) is 0.997. The molecule has 2 heterocycles. The Hall–Kier alpha value is -1.35. The third-order valence-electron chi connectivity index (χ3n) is 2.16. The number of pyridine rings is 1. The van der Waals surface area contributed by atoms with Gasteiger partial charge in [-0.2, -0.15) is 0 Å². The van der Waals surface area contributed by atoms with Crippen molar-refractivity contribution in [2.24, 2.45) is 0 Å². The molecular weight excluding hydrogens is 162 g/mol. The Labute approximate surface area is 77.4 Å². The molecule has 0 spiro atoms. The molecule has 68 valence electrons. The Morgan fingerprint density at radius 1 is 1.46 bits per heavy atom. The summed E-state index contributed by atoms with van der Waals surface area (Å²) in [6, 6.07) is 6.27. The number of nitrogens with zero attached hydrogens (tertiary/aromatic N) is 2. The molecule has 1 N–H and O–H groups in total. The Bertz CT molecular complexity index is 392. The summed E-state index contributed by atoms with van der Waals surface area (Å²) in [5, 5.41) is 3.14. The van der Waals surface area contributed by atoms with E-state index < -0.39 is 0 Å². The zero-order valence-electron chi connectivity index (χ0n) is 7.70. The highest BCUT2D eigenvalue weighted by molar-refractivity contribution is 5.45. The van der Waals surface area contributed by atoms with Crippen LogP contribution in [0, 0.1) is 0 Å². The van der Waals surface area contributed by atoms with Crippen molar-refractivity contribution in [1.29, 1.82) is 0 Å². The molecule has 0 aliphatic rings. The van der Waals surface area contributed by atoms with Crippen molar-refractivity contribution in [2.75, 3.05) is 13.6 Å². The molecule has 0 saturated carbocycles.